The molecule has 8 nitrogen and oxygen atoms in total. The maximum atomic E-state index is 12.4. The van der Waals surface area contributed by atoms with Crippen molar-refractivity contribution in [1.82, 2.24) is 15.5 Å². The highest BCUT2D eigenvalue weighted by atomic mass is 35.5. The molecule has 1 amide bonds. The standard InChI is InChI=1S/C23H24ClF3N4O4S/c1-31(14-16-4-6-17(7-5-16)22-29-11-12-30-22)21(32)3-2-10-28-15-36(33,34)20-9-8-18(13-19(20)24)35-23(25,26)27/h2-9,13,28H,10-12,14-15H2,1H3,(H,29,30)/b3-2+. The van der Waals surface area contributed by atoms with Gasteiger partial charge in [-0.3, -0.25) is 15.1 Å². The third-order valence-electron chi connectivity index (χ3n) is 4.98. The van der Waals surface area contributed by atoms with Gasteiger partial charge < -0.3 is 15.0 Å². The van der Waals surface area contributed by atoms with Crippen LogP contribution in [0, 0.1) is 0 Å². The van der Waals surface area contributed by atoms with Gasteiger partial charge in [0, 0.05) is 44.4 Å². The molecule has 0 saturated heterocycles. The number of carbonyl (C=O) groups excluding carboxylic acids is 1. The fourth-order valence-corrected chi connectivity index (χ4v) is 4.98. The molecule has 0 bridgehead atoms. The van der Waals surface area contributed by atoms with Crippen LogP contribution in [0.4, 0.5) is 13.2 Å². The molecule has 1 aliphatic rings. The van der Waals surface area contributed by atoms with E-state index in [9.17, 15) is 26.4 Å². The Bertz CT molecular complexity index is 1250. The van der Waals surface area contributed by atoms with E-state index < -0.39 is 32.8 Å². The Balaban J connectivity index is 1.46. The molecule has 2 N–H and O–H groups in total. The number of alkyl halides is 3. The van der Waals surface area contributed by atoms with E-state index in [0.717, 1.165) is 48.3 Å². The van der Waals surface area contributed by atoms with Crippen molar-refractivity contribution in [2.75, 3.05) is 32.6 Å². The minimum atomic E-state index is -4.92. The topological polar surface area (TPSA) is 100 Å². The third kappa shape index (κ3) is 7.97. The lowest BCUT2D eigenvalue weighted by Crippen LogP contribution is -2.26. The Morgan fingerprint density at radius 1 is 1.25 bits per heavy atom. The molecular weight excluding hydrogens is 521 g/mol. The van der Waals surface area contributed by atoms with Crippen LogP contribution in [0.25, 0.3) is 0 Å². The van der Waals surface area contributed by atoms with Crippen molar-refractivity contribution in [1.29, 1.82) is 0 Å². The fraction of sp³-hybridized carbons (Fsp3) is 0.304. The first kappa shape index (κ1) is 27.5. The zero-order chi connectivity index (χ0) is 26.3. The second-order valence-electron chi connectivity index (χ2n) is 7.80. The van der Waals surface area contributed by atoms with Crippen molar-refractivity contribution in [2.24, 2.45) is 4.99 Å². The number of hydrogen-bond donors (Lipinski definition) is 2. The Labute approximate surface area is 211 Å². The molecule has 0 aliphatic carbocycles. The second-order valence-corrected chi connectivity index (χ2v) is 10.2. The van der Waals surface area contributed by atoms with Crippen LogP contribution in [-0.2, 0) is 21.2 Å². The van der Waals surface area contributed by atoms with Crippen LogP contribution in [0.2, 0.25) is 5.02 Å². The molecule has 1 aliphatic heterocycles. The average molecular weight is 545 g/mol. The number of sulfone groups is 1. The summed E-state index contributed by atoms with van der Waals surface area (Å²) in [5.74, 6) is -0.569. The van der Waals surface area contributed by atoms with Crippen molar-refractivity contribution in [3.8, 4) is 5.75 Å². The molecule has 13 heteroatoms. The van der Waals surface area contributed by atoms with Gasteiger partial charge in [-0.2, -0.15) is 0 Å². The first-order valence-electron chi connectivity index (χ1n) is 10.7. The zero-order valence-electron chi connectivity index (χ0n) is 19.2. The molecule has 1 heterocycles. The highest BCUT2D eigenvalue weighted by molar-refractivity contribution is 7.91. The summed E-state index contributed by atoms with van der Waals surface area (Å²) < 4.78 is 65.5. The highest BCUT2D eigenvalue weighted by Crippen LogP contribution is 2.30. The average Bonchev–Trinajstić information content (AvgIpc) is 3.33. The van der Waals surface area contributed by atoms with Gasteiger partial charge in [0.2, 0.25) is 5.91 Å². The molecule has 0 spiro atoms. The SMILES string of the molecule is CN(Cc1ccc(C2=NCCN2)cc1)C(=O)/C=C/CNCS(=O)(=O)c1ccc(OC(F)(F)F)cc1Cl. The molecule has 3 rings (SSSR count). The molecule has 0 atom stereocenters. The molecule has 194 valence electrons. The summed E-state index contributed by atoms with van der Waals surface area (Å²) in [4.78, 5) is 17.9. The molecule has 0 unspecified atom stereocenters. The Hall–Kier alpha value is -3.09. The number of ether oxygens (including phenoxy) is 1. The maximum absolute atomic E-state index is 12.4. The number of likely N-dealkylation sites (N-methyl/N-ethyl adjacent to an activating group) is 1. The summed E-state index contributed by atoms with van der Waals surface area (Å²) in [6, 6.07) is 10.3. The van der Waals surface area contributed by atoms with E-state index in [1.54, 1.807) is 7.05 Å². The summed E-state index contributed by atoms with van der Waals surface area (Å²) in [6.45, 7) is 2.03. The number of rotatable bonds is 10. The molecule has 2 aromatic carbocycles. The molecule has 36 heavy (non-hydrogen) atoms. The monoisotopic (exact) mass is 544 g/mol. The van der Waals surface area contributed by atoms with Gasteiger partial charge in [-0.25, -0.2) is 8.42 Å². The van der Waals surface area contributed by atoms with Gasteiger partial charge in [-0.15, -0.1) is 13.2 Å². The molecule has 0 aromatic heterocycles. The van der Waals surface area contributed by atoms with Gasteiger partial charge >= 0.3 is 6.36 Å². The lowest BCUT2D eigenvalue weighted by molar-refractivity contribution is -0.274. The van der Waals surface area contributed by atoms with Gasteiger partial charge in [0.1, 0.15) is 17.5 Å². The van der Waals surface area contributed by atoms with Crippen molar-refractivity contribution in [2.45, 2.75) is 17.8 Å². The Morgan fingerprint density at radius 2 is 1.97 bits per heavy atom. The largest absolute Gasteiger partial charge is 0.573 e. The van der Waals surface area contributed by atoms with E-state index >= 15 is 0 Å². The smallest absolute Gasteiger partial charge is 0.406 e. The van der Waals surface area contributed by atoms with Crippen LogP contribution >= 0.6 is 11.6 Å². The van der Waals surface area contributed by atoms with Gasteiger partial charge in [-0.1, -0.05) is 41.9 Å². The number of benzene rings is 2. The van der Waals surface area contributed by atoms with Crippen molar-refractivity contribution in [3.05, 3.63) is 70.8 Å². The molecule has 2 aromatic rings. The lowest BCUT2D eigenvalue weighted by atomic mass is 10.1. The van der Waals surface area contributed by atoms with Gasteiger partial charge in [-0.05, 0) is 17.7 Å². The quantitative estimate of drug-likeness (QED) is 0.352. The van der Waals surface area contributed by atoms with Crippen LogP contribution in [0.5, 0.6) is 5.75 Å². The summed E-state index contributed by atoms with van der Waals surface area (Å²) in [6.07, 6.45) is -2.12. The molecule has 0 saturated carbocycles. The van der Waals surface area contributed by atoms with Crippen LogP contribution in [0.3, 0.4) is 0 Å². The van der Waals surface area contributed by atoms with E-state index in [2.05, 4.69) is 20.4 Å². The van der Waals surface area contributed by atoms with E-state index in [1.165, 1.54) is 17.1 Å². The van der Waals surface area contributed by atoms with Crippen molar-refractivity contribution < 1.29 is 31.1 Å². The summed E-state index contributed by atoms with van der Waals surface area (Å²) in [5, 5.41) is 5.45. The summed E-state index contributed by atoms with van der Waals surface area (Å²) >= 11 is 5.84. The number of carbonyl (C=O) groups is 1. The lowest BCUT2D eigenvalue weighted by Gasteiger charge is -2.15. The first-order valence-corrected chi connectivity index (χ1v) is 12.8. The zero-order valence-corrected chi connectivity index (χ0v) is 20.8. The van der Waals surface area contributed by atoms with Gasteiger partial charge in [0.05, 0.1) is 16.5 Å². The Morgan fingerprint density at radius 3 is 2.58 bits per heavy atom. The van der Waals surface area contributed by atoms with Crippen molar-refractivity contribution in [3.63, 3.8) is 0 Å². The van der Waals surface area contributed by atoms with Gasteiger partial charge in [0.25, 0.3) is 0 Å². The van der Waals surface area contributed by atoms with E-state index in [4.69, 9.17) is 11.6 Å². The second kappa shape index (κ2) is 11.8. The number of aliphatic imine (C=N–C) groups is 1. The predicted octanol–water partition coefficient (Wildman–Crippen LogP) is 3.12. The number of halogens is 4. The van der Waals surface area contributed by atoms with Crippen LogP contribution in [0.15, 0.2) is 64.5 Å². The third-order valence-corrected chi connectivity index (χ3v) is 7.02. The number of nitrogens with one attached hydrogen (secondary N) is 2. The summed E-state index contributed by atoms with van der Waals surface area (Å²) in [7, 11) is -2.29. The van der Waals surface area contributed by atoms with Gasteiger partial charge in [0.15, 0.2) is 9.84 Å². The Kier molecular flexibility index (Phi) is 8.98. The maximum Gasteiger partial charge on any atom is 0.573 e. The number of hydrogen-bond acceptors (Lipinski definition) is 7. The minimum absolute atomic E-state index is 0.0650. The van der Waals surface area contributed by atoms with Crippen LogP contribution in [0.1, 0.15) is 11.1 Å². The number of amides is 1. The highest BCUT2D eigenvalue weighted by Gasteiger charge is 2.31. The van der Waals surface area contributed by atoms with E-state index in [0.29, 0.717) is 6.54 Å². The number of nitrogens with zero attached hydrogens (tertiary/aromatic N) is 2. The van der Waals surface area contributed by atoms with E-state index in [1.807, 2.05) is 24.3 Å². The molecule has 0 radical (unpaired) electrons. The van der Waals surface area contributed by atoms with Crippen molar-refractivity contribution >= 4 is 33.2 Å². The molecular formula is C23H24ClF3N4O4S. The van der Waals surface area contributed by atoms with E-state index in [-0.39, 0.29) is 17.3 Å². The van der Waals surface area contributed by atoms with Crippen LogP contribution < -0.4 is 15.4 Å². The first-order chi connectivity index (χ1) is 16.9. The normalized spacial score (nSPS) is 14.0. The minimum Gasteiger partial charge on any atom is -0.406 e. The predicted molar refractivity (Wildman–Crippen MR) is 130 cm³/mol. The molecule has 0 fully saturated rings. The van der Waals surface area contributed by atoms with Crippen LogP contribution in [-0.4, -0.2) is 64.0 Å². The number of amidine groups is 1. The fourth-order valence-electron chi connectivity index (χ4n) is 3.28. The summed E-state index contributed by atoms with van der Waals surface area (Å²) in [5.41, 5.74) is 1.92.